The molecule has 0 bridgehead atoms. The van der Waals surface area contributed by atoms with Crippen molar-refractivity contribution in [2.24, 2.45) is 0 Å². The molecule has 1 aromatic carbocycles. The molecule has 1 aromatic heterocycles. The molecule has 1 saturated heterocycles. The van der Waals surface area contributed by atoms with Crippen LogP contribution in [0.25, 0.3) is 10.9 Å². The Morgan fingerprint density at radius 1 is 1.17 bits per heavy atom. The fourth-order valence-corrected chi connectivity index (χ4v) is 3.28. The van der Waals surface area contributed by atoms with Crippen molar-refractivity contribution in [2.75, 3.05) is 51.1 Å². The number of aromatic amines is 1. The molecule has 2 heterocycles. The molecule has 0 amide bonds. The van der Waals surface area contributed by atoms with Gasteiger partial charge in [0.1, 0.15) is 5.82 Å². The average Bonchev–Trinajstić information content (AvgIpc) is 2.59. The summed E-state index contributed by atoms with van der Waals surface area (Å²) in [6, 6.07) is 8.14. The molecular formula is C17H25N5S. The van der Waals surface area contributed by atoms with Crippen molar-refractivity contribution in [3.63, 3.8) is 0 Å². The molecule has 1 fully saturated rings. The van der Waals surface area contributed by atoms with Crippen LogP contribution in [0.2, 0.25) is 0 Å². The zero-order valence-corrected chi connectivity index (χ0v) is 14.5. The van der Waals surface area contributed by atoms with E-state index in [1.165, 1.54) is 32.7 Å². The molecule has 0 spiro atoms. The number of benzene rings is 1. The average molecular weight is 331 g/mol. The minimum atomic E-state index is 0.530. The van der Waals surface area contributed by atoms with Gasteiger partial charge in [0.25, 0.3) is 0 Å². The first kappa shape index (κ1) is 16.4. The monoisotopic (exact) mass is 331 g/mol. The molecular weight excluding hydrogens is 306 g/mol. The third-order valence-electron chi connectivity index (χ3n) is 4.49. The molecule has 1 aliphatic heterocycles. The van der Waals surface area contributed by atoms with Gasteiger partial charge in [-0.25, -0.2) is 4.98 Å². The lowest BCUT2D eigenvalue weighted by molar-refractivity contribution is 0.137. The van der Waals surface area contributed by atoms with Gasteiger partial charge in [-0.1, -0.05) is 19.1 Å². The third kappa shape index (κ3) is 4.28. The number of piperazine rings is 1. The molecule has 124 valence electrons. The van der Waals surface area contributed by atoms with E-state index in [1.54, 1.807) is 0 Å². The van der Waals surface area contributed by atoms with E-state index in [0.717, 1.165) is 36.2 Å². The lowest BCUT2D eigenvalue weighted by Crippen LogP contribution is -2.46. The number of H-pyrrole nitrogens is 1. The van der Waals surface area contributed by atoms with Gasteiger partial charge in [-0.15, -0.1) is 0 Å². The normalized spacial score (nSPS) is 16.7. The summed E-state index contributed by atoms with van der Waals surface area (Å²) in [5.74, 6) is 0.889. The zero-order valence-electron chi connectivity index (χ0n) is 13.7. The predicted octanol–water partition coefficient (Wildman–Crippen LogP) is 2.73. The molecule has 23 heavy (non-hydrogen) atoms. The number of hydrogen-bond donors (Lipinski definition) is 2. The van der Waals surface area contributed by atoms with Gasteiger partial charge in [-0.05, 0) is 43.9 Å². The molecule has 1 aliphatic rings. The molecule has 0 unspecified atom stereocenters. The Hall–Kier alpha value is -1.50. The van der Waals surface area contributed by atoms with E-state index in [9.17, 15) is 0 Å². The molecule has 0 radical (unpaired) electrons. The Bertz CT molecular complexity index is 691. The molecule has 6 heteroatoms. The van der Waals surface area contributed by atoms with E-state index in [-0.39, 0.29) is 0 Å². The van der Waals surface area contributed by atoms with Crippen LogP contribution in [0, 0.1) is 4.77 Å². The SMILES string of the molecule is CCN1CCN(CCCNc2nc(=S)[nH]c3ccccc23)CC1. The van der Waals surface area contributed by atoms with Crippen LogP contribution >= 0.6 is 12.2 Å². The molecule has 2 N–H and O–H groups in total. The molecule has 2 aromatic rings. The first-order valence-corrected chi connectivity index (χ1v) is 8.84. The Morgan fingerprint density at radius 2 is 1.91 bits per heavy atom. The van der Waals surface area contributed by atoms with E-state index < -0.39 is 0 Å². The third-order valence-corrected chi connectivity index (χ3v) is 4.69. The molecule has 0 saturated carbocycles. The number of anilines is 1. The fraction of sp³-hybridized carbons (Fsp3) is 0.529. The van der Waals surface area contributed by atoms with Crippen LogP contribution in [0.4, 0.5) is 5.82 Å². The maximum absolute atomic E-state index is 5.21. The highest BCUT2D eigenvalue weighted by molar-refractivity contribution is 7.71. The van der Waals surface area contributed by atoms with Crippen LogP contribution < -0.4 is 5.32 Å². The zero-order chi connectivity index (χ0) is 16.1. The second kappa shape index (κ2) is 7.86. The van der Waals surface area contributed by atoms with Crippen LogP contribution in [0.5, 0.6) is 0 Å². The molecule has 0 atom stereocenters. The van der Waals surface area contributed by atoms with Crippen LogP contribution in [0.3, 0.4) is 0 Å². The first-order valence-electron chi connectivity index (χ1n) is 8.44. The summed E-state index contributed by atoms with van der Waals surface area (Å²) in [6.07, 6.45) is 1.12. The number of likely N-dealkylation sites (N-methyl/N-ethyl adjacent to an activating group) is 1. The highest BCUT2D eigenvalue weighted by atomic mass is 32.1. The minimum Gasteiger partial charge on any atom is -0.369 e. The lowest BCUT2D eigenvalue weighted by atomic mass is 10.2. The topological polar surface area (TPSA) is 47.2 Å². The summed E-state index contributed by atoms with van der Waals surface area (Å²) in [4.78, 5) is 12.6. The maximum atomic E-state index is 5.21. The first-order chi connectivity index (χ1) is 11.3. The van der Waals surface area contributed by atoms with Crippen molar-refractivity contribution < 1.29 is 0 Å². The van der Waals surface area contributed by atoms with Crippen molar-refractivity contribution >= 4 is 28.9 Å². The van der Waals surface area contributed by atoms with Crippen molar-refractivity contribution in [1.29, 1.82) is 0 Å². The summed E-state index contributed by atoms with van der Waals surface area (Å²) in [7, 11) is 0. The van der Waals surface area contributed by atoms with E-state index in [0.29, 0.717) is 4.77 Å². The van der Waals surface area contributed by atoms with E-state index >= 15 is 0 Å². The summed E-state index contributed by atoms with van der Waals surface area (Å²) in [6.45, 7) is 10.2. The molecule has 5 nitrogen and oxygen atoms in total. The number of nitrogens with zero attached hydrogens (tertiary/aromatic N) is 3. The highest BCUT2D eigenvalue weighted by Crippen LogP contribution is 2.18. The Balaban J connectivity index is 1.51. The van der Waals surface area contributed by atoms with Gasteiger partial charge >= 0.3 is 0 Å². The Kier molecular flexibility index (Phi) is 5.59. The van der Waals surface area contributed by atoms with Crippen LogP contribution in [0.1, 0.15) is 13.3 Å². The van der Waals surface area contributed by atoms with Crippen LogP contribution in [-0.2, 0) is 0 Å². The number of rotatable bonds is 6. The quantitative estimate of drug-likeness (QED) is 0.629. The summed E-state index contributed by atoms with van der Waals surface area (Å²) in [5.41, 5.74) is 1.03. The minimum absolute atomic E-state index is 0.530. The van der Waals surface area contributed by atoms with Gasteiger partial charge < -0.3 is 20.1 Å². The molecule has 3 rings (SSSR count). The van der Waals surface area contributed by atoms with Gasteiger partial charge in [0.15, 0.2) is 4.77 Å². The second-order valence-corrected chi connectivity index (χ2v) is 6.38. The number of para-hydroxylation sites is 1. The van der Waals surface area contributed by atoms with Crippen molar-refractivity contribution in [2.45, 2.75) is 13.3 Å². The van der Waals surface area contributed by atoms with Crippen molar-refractivity contribution in [3.05, 3.63) is 29.0 Å². The number of nitrogens with one attached hydrogen (secondary N) is 2. The highest BCUT2D eigenvalue weighted by Gasteiger charge is 2.14. The Labute approximate surface area is 142 Å². The number of hydrogen-bond acceptors (Lipinski definition) is 5. The lowest BCUT2D eigenvalue weighted by Gasteiger charge is -2.34. The van der Waals surface area contributed by atoms with Crippen LogP contribution in [0.15, 0.2) is 24.3 Å². The van der Waals surface area contributed by atoms with Gasteiger partial charge in [-0.2, -0.15) is 0 Å². The van der Waals surface area contributed by atoms with E-state index in [1.807, 2.05) is 18.2 Å². The summed E-state index contributed by atoms with van der Waals surface area (Å²) >= 11 is 5.21. The summed E-state index contributed by atoms with van der Waals surface area (Å²) < 4.78 is 0.530. The standard InChI is InChI=1S/C17H25N5S/c1-2-21-10-12-22(13-11-21)9-5-8-18-16-14-6-3-4-7-15(14)19-17(23)20-16/h3-4,6-7H,2,5,8-13H2,1H3,(H2,18,19,20,23). The van der Waals surface area contributed by atoms with E-state index in [4.69, 9.17) is 12.2 Å². The van der Waals surface area contributed by atoms with Gasteiger partial charge in [-0.3, -0.25) is 0 Å². The van der Waals surface area contributed by atoms with Crippen molar-refractivity contribution in [1.82, 2.24) is 19.8 Å². The van der Waals surface area contributed by atoms with Crippen molar-refractivity contribution in [3.8, 4) is 0 Å². The second-order valence-electron chi connectivity index (χ2n) is 5.99. The number of aromatic nitrogens is 2. The van der Waals surface area contributed by atoms with Gasteiger partial charge in [0.2, 0.25) is 0 Å². The molecule has 0 aliphatic carbocycles. The number of fused-ring (bicyclic) bond motifs is 1. The van der Waals surface area contributed by atoms with Crippen LogP contribution in [-0.4, -0.2) is 65.6 Å². The predicted molar refractivity (Wildman–Crippen MR) is 98.6 cm³/mol. The largest absolute Gasteiger partial charge is 0.369 e. The fourth-order valence-electron chi connectivity index (χ4n) is 3.08. The van der Waals surface area contributed by atoms with Gasteiger partial charge in [0.05, 0.1) is 5.52 Å². The van der Waals surface area contributed by atoms with Gasteiger partial charge in [0, 0.05) is 38.1 Å². The maximum Gasteiger partial charge on any atom is 0.199 e. The smallest absolute Gasteiger partial charge is 0.199 e. The van der Waals surface area contributed by atoms with E-state index in [2.05, 4.69) is 38.1 Å². The Morgan fingerprint density at radius 3 is 2.70 bits per heavy atom. The summed E-state index contributed by atoms with van der Waals surface area (Å²) in [5, 5.41) is 4.55.